The van der Waals surface area contributed by atoms with Crippen LogP contribution in [0.25, 0.3) is 11.3 Å². The second-order valence-electron chi connectivity index (χ2n) is 5.28. The molecule has 0 unspecified atom stereocenters. The van der Waals surface area contributed by atoms with E-state index in [2.05, 4.69) is 0 Å². The molecule has 1 aliphatic heterocycles. The molecule has 24 heavy (non-hydrogen) atoms. The average molecular weight is 354 g/mol. The highest BCUT2D eigenvalue weighted by atomic mass is 35.5. The molecule has 1 N–H and O–H groups in total. The Morgan fingerprint density at radius 1 is 1.46 bits per heavy atom. The van der Waals surface area contributed by atoms with Crippen molar-refractivity contribution in [2.24, 2.45) is 0 Å². The molecule has 0 aliphatic carbocycles. The zero-order valence-electron chi connectivity index (χ0n) is 12.6. The van der Waals surface area contributed by atoms with Gasteiger partial charge in [-0.05, 0) is 24.6 Å². The molecule has 126 valence electrons. The van der Waals surface area contributed by atoms with Crippen molar-refractivity contribution in [3.05, 3.63) is 29.0 Å². The summed E-state index contributed by atoms with van der Waals surface area (Å²) >= 11 is 5.72. The van der Waals surface area contributed by atoms with Gasteiger partial charge in [-0.1, -0.05) is 11.6 Å². The summed E-state index contributed by atoms with van der Waals surface area (Å²) in [6.45, 7) is 1.49. The number of ether oxygens (including phenoxy) is 1. The van der Waals surface area contributed by atoms with E-state index in [0.29, 0.717) is 19.4 Å². The van der Waals surface area contributed by atoms with Crippen LogP contribution in [0.4, 0.5) is 10.3 Å². The maximum absolute atomic E-state index is 14.1. The number of anilines is 1. The molecule has 0 radical (unpaired) electrons. The van der Waals surface area contributed by atoms with E-state index in [0.717, 1.165) is 13.0 Å². The van der Waals surface area contributed by atoms with Gasteiger partial charge in [-0.15, -0.1) is 0 Å². The molecule has 0 spiro atoms. The van der Waals surface area contributed by atoms with Gasteiger partial charge in [0, 0.05) is 24.9 Å². The first-order valence-electron chi connectivity index (χ1n) is 7.18. The molecule has 2 heterocycles. The first-order chi connectivity index (χ1) is 11.4. The lowest BCUT2D eigenvalue weighted by atomic mass is 10.1. The molecule has 2 aromatic rings. The molecule has 0 saturated carbocycles. The number of carbonyl (C=O) groups excluding carboxylic acids is 2. The van der Waals surface area contributed by atoms with Crippen molar-refractivity contribution >= 4 is 29.4 Å². The van der Waals surface area contributed by atoms with Crippen LogP contribution in [0.5, 0.6) is 11.5 Å². The van der Waals surface area contributed by atoms with Gasteiger partial charge in [0.2, 0.25) is 17.4 Å². The minimum atomic E-state index is -0.722. The van der Waals surface area contributed by atoms with Gasteiger partial charge in [-0.25, -0.2) is 4.39 Å². The number of aromatic hydroxyl groups is 1. The highest BCUT2D eigenvalue weighted by Gasteiger charge is 2.33. The zero-order valence-corrected chi connectivity index (χ0v) is 13.4. The Kier molecular flexibility index (Phi) is 4.19. The highest BCUT2D eigenvalue weighted by Crippen LogP contribution is 2.49. The Labute approximate surface area is 141 Å². The van der Waals surface area contributed by atoms with Gasteiger partial charge in [0.15, 0.2) is 5.76 Å². The number of amides is 1. The Balaban J connectivity index is 2.15. The van der Waals surface area contributed by atoms with Crippen LogP contribution in [0.1, 0.15) is 19.8 Å². The smallest absolute Gasteiger partial charge is 0.308 e. The van der Waals surface area contributed by atoms with Crippen LogP contribution in [0.3, 0.4) is 0 Å². The van der Waals surface area contributed by atoms with Crippen molar-refractivity contribution in [1.82, 2.24) is 0 Å². The van der Waals surface area contributed by atoms with Gasteiger partial charge in [-0.3, -0.25) is 14.5 Å². The zero-order chi connectivity index (χ0) is 17.4. The van der Waals surface area contributed by atoms with Crippen LogP contribution in [-0.4, -0.2) is 23.5 Å². The van der Waals surface area contributed by atoms with Crippen LogP contribution in [0, 0.1) is 5.82 Å². The largest absolute Gasteiger partial charge is 0.502 e. The standard InChI is InChI=1S/C16H13ClFNO5/c1-8(20)23-15-13(22)14(10-5-4-9(17)7-11(10)18)24-16(15)19-6-2-3-12(19)21/h4-5,7,22H,2-3,6H2,1H3. The van der Waals surface area contributed by atoms with Crippen molar-refractivity contribution < 1.29 is 28.2 Å². The molecule has 1 fully saturated rings. The fraction of sp³-hybridized carbons (Fsp3) is 0.250. The molecular weight excluding hydrogens is 341 g/mol. The molecule has 3 rings (SSSR count). The van der Waals surface area contributed by atoms with Gasteiger partial charge in [0.05, 0.1) is 5.56 Å². The van der Waals surface area contributed by atoms with Crippen LogP contribution in [-0.2, 0) is 9.59 Å². The lowest BCUT2D eigenvalue weighted by molar-refractivity contribution is -0.132. The van der Waals surface area contributed by atoms with Crippen LogP contribution in [0.15, 0.2) is 22.6 Å². The van der Waals surface area contributed by atoms with E-state index in [-0.39, 0.29) is 33.9 Å². The molecule has 0 bridgehead atoms. The van der Waals surface area contributed by atoms with E-state index in [1.54, 1.807) is 0 Å². The lowest BCUT2D eigenvalue weighted by Gasteiger charge is -2.13. The minimum Gasteiger partial charge on any atom is -0.502 e. The maximum Gasteiger partial charge on any atom is 0.308 e. The Morgan fingerprint density at radius 3 is 2.79 bits per heavy atom. The summed E-state index contributed by atoms with van der Waals surface area (Å²) in [7, 11) is 0. The summed E-state index contributed by atoms with van der Waals surface area (Å²) in [5, 5.41) is 10.5. The van der Waals surface area contributed by atoms with E-state index < -0.39 is 17.5 Å². The van der Waals surface area contributed by atoms with Crippen LogP contribution < -0.4 is 9.64 Å². The van der Waals surface area contributed by atoms with Crippen LogP contribution >= 0.6 is 11.6 Å². The summed E-state index contributed by atoms with van der Waals surface area (Å²) in [6.07, 6.45) is 0.913. The molecule has 1 aromatic heterocycles. The summed E-state index contributed by atoms with van der Waals surface area (Å²) < 4.78 is 24.6. The minimum absolute atomic E-state index is 0.0665. The number of esters is 1. The molecule has 1 amide bonds. The second-order valence-corrected chi connectivity index (χ2v) is 5.72. The number of hydrogen-bond acceptors (Lipinski definition) is 5. The molecule has 0 atom stereocenters. The summed E-state index contributed by atoms with van der Waals surface area (Å²) in [5.74, 6) is -2.88. The number of nitrogens with zero attached hydrogens (tertiary/aromatic N) is 1. The van der Waals surface area contributed by atoms with Crippen molar-refractivity contribution in [2.45, 2.75) is 19.8 Å². The summed E-state index contributed by atoms with van der Waals surface area (Å²) in [6, 6.07) is 3.81. The Bertz CT molecular complexity index is 832. The highest BCUT2D eigenvalue weighted by molar-refractivity contribution is 6.30. The van der Waals surface area contributed by atoms with Crippen LogP contribution in [0.2, 0.25) is 5.02 Å². The Morgan fingerprint density at radius 2 is 2.21 bits per heavy atom. The van der Waals surface area contributed by atoms with Crippen molar-refractivity contribution in [1.29, 1.82) is 0 Å². The molecule has 8 heteroatoms. The third-order valence-electron chi connectivity index (χ3n) is 3.56. The van der Waals surface area contributed by atoms with Gasteiger partial charge < -0.3 is 14.3 Å². The Hall–Kier alpha value is -2.54. The van der Waals surface area contributed by atoms with E-state index in [4.69, 9.17) is 20.8 Å². The normalized spacial score (nSPS) is 14.3. The molecule has 1 saturated heterocycles. The van der Waals surface area contributed by atoms with E-state index in [9.17, 15) is 19.1 Å². The SMILES string of the molecule is CC(=O)Oc1c(N2CCCC2=O)oc(-c2ccc(Cl)cc2F)c1O. The number of rotatable bonds is 3. The monoisotopic (exact) mass is 353 g/mol. The fourth-order valence-electron chi connectivity index (χ4n) is 2.53. The number of furan rings is 1. The summed E-state index contributed by atoms with van der Waals surface area (Å²) in [5.41, 5.74) is -0.0665. The van der Waals surface area contributed by atoms with E-state index >= 15 is 0 Å². The molecular formula is C16H13ClFNO5. The van der Waals surface area contributed by atoms with E-state index in [1.807, 2.05) is 0 Å². The maximum atomic E-state index is 14.1. The second kappa shape index (κ2) is 6.16. The third kappa shape index (κ3) is 2.82. The first kappa shape index (κ1) is 16.3. The van der Waals surface area contributed by atoms with Crippen molar-refractivity contribution in [3.63, 3.8) is 0 Å². The van der Waals surface area contributed by atoms with Gasteiger partial charge in [-0.2, -0.15) is 0 Å². The van der Waals surface area contributed by atoms with Gasteiger partial charge >= 0.3 is 5.97 Å². The number of benzene rings is 1. The molecule has 1 aliphatic rings. The van der Waals surface area contributed by atoms with Crippen molar-refractivity contribution in [2.75, 3.05) is 11.4 Å². The first-order valence-corrected chi connectivity index (χ1v) is 7.56. The number of carbonyl (C=O) groups is 2. The fourth-order valence-corrected chi connectivity index (χ4v) is 2.69. The van der Waals surface area contributed by atoms with E-state index in [1.165, 1.54) is 17.0 Å². The predicted molar refractivity (Wildman–Crippen MR) is 83.7 cm³/mol. The number of hydrogen-bond donors (Lipinski definition) is 1. The topological polar surface area (TPSA) is 80.0 Å². The predicted octanol–water partition coefficient (Wildman–Crippen LogP) is 3.50. The quantitative estimate of drug-likeness (QED) is 0.854. The van der Waals surface area contributed by atoms with Crippen molar-refractivity contribution in [3.8, 4) is 22.8 Å². The molecule has 6 nitrogen and oxygen atoms in total. The third-order valence-corrected chi connectivity index (χ3v) is 3.80. The molecule has 1 aromatic carbocycles. The van der Waals surface area contributed by atoms with Gasteiger partial charge in [0.25, 0.3) is 5.88 Å². The number of halogens is 2. The average Bonchev–Trinajstić information content (AvgIpc) is 3.04. The summed E-state index contributed by atoms with van der Waals surface area (Å²) in [4.78, 5) is 24.5. The van der Waals surface area contributed by atoms with Gasteiger partial charge in [0.1, 0.15) is 5.82 Å². The lowest BCUT2D eigenvalue weighted by Crippen LogP contribution is -2.24.